The van der Waals surface area contributed by atoms with Gasteiger partial charge in [0.1, 0.15) is 11.5 Å². The number of piperidine rings is 1. The van der Waals surface area contributed by atoms with Crippen LogP contribution in [0.25, 0.3) is 0 Å². The Labute approximate surface area is 143 Å². The highest BCUT2D eigenvalue weighted by molar-refractivity contribution is 7.88. The van der Waals surface area contributed by atoms with Crippen molar-refractivity contribution < 1.29 is 22.7 Å². The number of hydrogen-bond donors (Lipinski definition) is 1. The summed E-state index contributed by atoms with van der Waals surface area (Å²) < 4.78 is 35.1. The number of ether oxygens (including phenoxy) is 2. The molecule has 1 fully saturated rings. The largest absolute Gasteiger partial charge is 0.497 e. The fraction of sp³-hybridized carbons (Fsp3) is 0.562. The first kappa shape index (κ1) is 18.5. The van der Waals surface area contributed by atoms with Crippen molar-refractivity contribution >= 4 is 15.9 Å². The van der Waals surface area contributed by atoms with Crippen molar-refractivity contribution in [2.45, 2.75) is 19.4 Å². The van der Waals surface area contributed by atoms with E-state index in [1.54, 1.807) is 26.4 Å². The van der Waals surface area contributed by atoms with Crippen LogP contribution in [-0.4, -0.2) is 52.2 Å². The molecule has 1 aliphatic rings. The molecule has 1 saturated heterocycles. The van der Waals surface area contributed by atoms with E-state index >= 15 is 0 Å². The van der Waals surface area contributed by atoms with Gasteiger partial charge in [0.15, 0.2) is 0 Å². The van der Waals surface area contributed by atoms with E-state index in [9.17, 15) is 13.2 Å². The van der Waals surface area contributed by atoms with Gasteiger partial charge in [-0.1, -0.05) is 0 Å². The Morgan fingerprint density at radius 2 is 2.08 bits per heavy atom. The lowest BCUT2D eigenvalue weighted by molar-refractivity contribution is -0.126. The minimum absolute atomic E-state index is 0.145. The zero-order valence-corrected chi connectivity index (χ0v) is 15.1. The number of sulfonamides is 1. The van der Waals surface area contributed by atoms with E-state index in [0.717, 1.165) is 5.56 Å². The summed E-state index contributed by atoms with van der Waals surface area (Å²) in [6, 6.07) is 5.38. The molecule has 0 radical (unpaired) electrons. The van der Waals surface area contributed by atoms with Crippen LogP contribution in [-0.2, 0) is 21.4 Å². The molecule has 1 aliphatic heterocycles. The topological polar surface area (TPSA) is 84.9 Å². The molecule has 1 heterocycles. The van der Waals surface area contributed by atoms with Crippen LogP contribution in [0, 0.1) is 5.92 Å². The van der Waals surface area contributed by atoms with Crippen molar-refractivity contribution in [2.75, 3.05) is 33.6 Å². The van der Waals surface area contributed by atoms with Gasteiger partial charge in [0.2, 0.25) is 15.9 Å². The Balaban J connectivity index is 2.00. The second-order valence-electron chi connectivity index (χ2n) is 5.86. The minimum Gasteiger partial charge on any atom is -0.497 e. The van der Waals surface area contributed by atoms with Gasteiger partial charge in [-0.3, -0.25) is 4.79 Å². The molecule has 7 nitrogen and oxygen atoms in total. The number of amides is 1. The van der Waals surface area contributed by atoms with Gasteiger partial charge in [0, 0.05) is 25.2 Å². The number of hydrogen-bond acceptors (Lipinski definition) is 5. The van der Waals surface area contributed by atoms with E-state index in [2.05, 4.69) is 5.32 Å². The van der Waals surface area contributed by atoms with Crippen LogP contribution in [0.5, 0.6) is 11.5 Å². The maximum Gasteiger partial charge on any atom is 0.224 e. The number of carbonyl (C=O) groups is 1. The number of nitrogens with one attached hydrogen (secondary N) is 1. The van der Waals surface area contributed by atoms with Crippen molar-refractivity contribution in [3.05, 3.63) is 23.8 Å². The zero-order valence-electron chi connectivity index (χ0n) is 14.2. The summed E-state index contributed by atoms with van der Waals surface area (Å²) in [6.07, 6.45) is 2.55. The van der Waals surface area contributed by atoms with E-state index < -0.39 is 10.0 Å². The van der Waals surface area contributed by atoms with Gasteiger partial charge in [-0.05, 0) is 31.0 Å². The monoisotopic (exact) mass is 356 g/mol. The molecule has 24 heavy (non-hydrogen) atoms. The van der Waals surface area contributed by atoms with Gasteiger partial charge >= 0.3 is 0 Å². The molecule has 0 unspecified atom stereocenters. The second-order valence-corrected chi connectivity index (χ2v) is 7.84. The summed E-state index contributed by atoms with van der Waals surface area (Å²) in [5.41, 5.74) is 0.806. The number of carbonyl (C=O) groups excluding carboxylic acids is 1. The molecule has 0 aliphatic carbocycles. The van der Waals surface area contributed by atoms with Gasteiger partial charge in [-0.25, -0.2) is 12.7 Å². The molecule has 8 heteroatoms. The van der Waals surface area contributed by atoms with Crippen LogP contribution in [0.1, 0.15) is 18.4 Å². The second kappa shape index (κ2) is 7.85. The summed E-state index contributed by atoms with van der Waals surface area (Å²) in [6.45, 7) is 1.01. The molecule has 0 aromatic heterocycles. The molecule has 0 bridgehead atoms. The highest BCUT2D eigenvalue weighted by atomic mass is 32.2. The summed E-state index contributed by atoms with van der Waals surface area (Å²) in [5.74, 6) is 0.872. The van der Waals surface area contributed by atoms with Crippen molar-refractivity contribution in [1.29, 1.82) is 0 Å². The van der Waals surface area contributed by atoms with E-state index in [-0.39, 0.29) is 18.4 Å². The van der Waals surface area contributed by atoms with Crippen LogP contribution in [0.2, 0.25) is 0 Å². The summed E-state index contributed by atoms with van der Waals surface area (Å²) in [4.78, 5) is 12.4. The molecular weight excluding hydrogens is 332 g/mol. The van der Waals surface area contributed by atoms with Gasteiger partial charge in [-0.15, -0.1) is 0 Å². The fourth-order valence-corrected chi connectivity index (χ4v) is 3.72. The number of rotatable bonds is 6. The zero-order chi connectivity index (χ0) is 17.7. The molecule has 0 spiro atoms. The Kier molecular flexibility index (Phi) is 6.06. The van der Waals surface area contributed by atoms with Gasteiger partial charge in [0.05, 0.1) is 26.4 Å². The Morgan fingerprint density at radius 3 is 2.71 bits per heavy atom. The van der Waals surface area contributed by atoms with Crippen LogP contribution < -0.4 is 14.8 Å². The number of nitrogens with zero attached hydrogens (tertiary/aromatic N) is 1. The molecular formula is C16H24N2O5S. The molecule has 0 saturated carbocycles. The SMILES string of the molecule is COc1ccc(OC)c(CNC(=O)[C@H]2CCCN(S(C)(=O)=O)C2)c1. The first-order chi connectivity index (χ1) is 11.3. The number of benzene rings is 1. The van der Waals surface area contributed by atoms with Gasteiger partial charge in [-0.2, -0.15) is 0 Å². The molecule has 1 aromatic carbocycles. The third-order valence-electron chi connectivity index (χ3n) is 4.16. The summed E-state index contributed by atoms with van der Waals surface area (Å²) in [5, 5.41) is 2.87. The minimum atomic E-state index is -3.26. The molecule has 1 amide bonds. The predicted octanol–water partition coefficient (Wildman–Crippen LogP) is 0.992. The van der Waals surface area contributed by atoms with E-state index in [4.69, 9.17) is 9.47 Å². The molecule has 134 valence electrons. The first-order valence-corrected chi connectivity index (χ1v) is 9.63. The van der Waals surface area contributed by atoms with E-state index in [1.165, 1.54) is 10.6 Å². The lowest BCUT2D eigenvalue weighted by Gasteiger charge is -2.30. The highest BCUT2D eigenvalue weighted by Crippen LogP contribution is 2.24. The average Bonchev–Trinajstić information content (AvgIpc) is 2.58. The fourth-order valence-electron chi connectivity index (χ4n) is 2.80. The lowest BCUT2D eigenvalue weighted by atomic mass is 9.98. The van der Waals surface area contributed by atoms with Crippen molar-refractivity contribution in [2.24, 2.45) is 5.92 Å². The van der Waals surface area contributed by atoms with Crippen LogP contribution in [0.3, 0.4) is 0 Å². The Morgan fingerprint density at radius 1 is 1.33 bits per heavy atom. The molecule has 2 rings (SSSR count). The lowest BCUT2D eigenvalue weighted by Crippen LogP contribution is -2.44. The third kappa shape index (κ3) is 4.61. The van der Waals surface area contributed by atoms with Gasteiger partial charge in [0.25, 0.3) is 0 Å². The quantitative estimate of drug-likeness (QED) is 0.822. The van der Waals surface area contributed by atoms with Crippen LogP contribution in [0.4, 0.5) is 0 Å². The summed E-state index contributed by atoms with van der Waals surface area (Å²) >= 11 is 0. The molecule has 1 aromatic rings. The summed E-state index contributed by atoms with van der Waals surface area (Å²) in [7, 11) is -0.119. The maximum atomic E-state index is 12.4. The molecule has 1 N–H and O–H groups in total. The predicted molar refractivity (Wildman–Crippen MR) is 90.5 cm³/mol. The standard InChI is InChI=1S/C16H24N2O5S/c1-22-14-6-7-15(23-2)13(9-14)10-17-16(19)12-5-4-8-18(11-12)24(3,20)21/h6-7,9,12H,4-5,8,10-11H2,1-3H3,(H,17,19)/t12-/m0/s1. The highest BCUT2D eigenvalue weighted by Gasteiger charge is 2.30. The average molecular weight is 356 g/mol. The third-order valence-corrected chi connectivity index (χ3v) is 5.43. The van der Waals surface area contributed by atoms with Crippen LogP contribution >= 0.6 is 0 Å². The van der Waals surface area contributed by atoms with E-state index in [0.29, 0.717) is 37.4 Å². The van der Waals surface area contributed by atoms with Gasteiger partial charge < -0.3 is 14.8 Å². The van der Waals surface area contributed by atoms with Crippen molar-refractivity contribution in [3.63, 3.8) is 0 Å². The van der Waals surface area contributed by atoms with Crippen LogP contribution in [0.15, 0.2) is 18.2 Å². The Hall–Kier alpha value is -1.80. The smallest absolute Gasteiger partial charge is 0.224 e. The normalized spacial score (nSPS) is 18.9. The van der Waals surface area contributed by atoms with Crippen molar-refractivity contribution in [3.8, 4) is 11.5 Å². The van der Waals surface area contributed by atoms with E-state index in [1.807, 2.05) is 6.07 Å². The first-order valence-electron chi connectivity index (χ1n) is 7.79. The molecule has 1 atom stereocenters. The number of methoxy groups -OCH3 is 2. The maximum absolute atomic E-state index is 12.4. The van der Waals surface area contributed by atoms with Crippen molar-refractivity contribution in [1.82, 2.24) is 9.62 Å². The Bertz CT molecular complexity index is 690.